The van der Waals surface area contributed by atoms with E-state index >= 15 is 0 Å². The first-order valence-corrected chi connectivity index (χ1v) is 5.57. The summed E-state index contributed by atoms with van der Waals surface area (Å²) in [5, 5.41) is 13.3. The fourth-order valence-electron chi connectivity index (χ4n) is 1.43. The lowest BCUT2D eigenvalue weighted by molar-refractivity contribution is 0.191. The van der Waals surface area contributed by atoms with Crippen LogP contribution in [0, 0.1) is 0 Å². The minimum atomic E-state index is -0.595. The lowest BCUT2D eigenvalue weighted by Gasteiger charge is -2.12. The molecule has 0 radical (unpaired) electrons. The molecule has 1 aromatic heterocycles. The topological polar surface area (TPSA) is 58.0 Å². The summed E-state index contributed by atoms with van der Waals surface area (Å²) in [5.41, 5.74) is 0.852. The molecule has 1 unspecified atom stereocenters. The molecule has 88 valence electrons. The number of nitrogens with one attached hydrogen (secondary N) is 1. The molecule has 0 aliphatic carbocycles. The van der Waals surface area contributed by atoms with Gasteiger partial charge in [-0.15, -0.1) is 0 Å². The Labute approximate surface area is 104 Å². The summed E-state index contributed by atoms with van der Waals surface area (Å²) in [6, 6.07) is 9.42. The zero-order valence-electron chi connectivity index (χ0n) is 9.05. The standard InChI is InChI=1S/C12H12ClN3O/c13-10-6-14-8-16-12(10)15-7-11(17)9-4-2-1-3-5-9/h1-6,8,11,17H,7H2,(H,14,15,16). The van der Waals surface area contributed by atoms with Gasteiger partial charge in [0.15, 0.2) is 0 Å². The Morgan fingerprint density at radius 2 is 2.06 bits per heavy atom. The first-order valence-electron chi connectivity index (χ1n) is 5.20. The van der Waals surface area contributed by atoms with Crippen LogP contribution in [0.25, 0.3) is 0 Å². The maximum absolute atomic E-state index is 9.92. The zero-order chi connectivity index (χ0) is 12.1. The van der Waals surface area contributed by atoms with E-state index in [-0.39, 0.29) is 0 Å². The van der Waals surface area contributed by atoms with Crippen LogP contribution in [-0.2, 0) is 0 Å². The van der Waals surface area contributed by atoms with Gasteiger partial charge < -0.3 is 10.4 Å². The highest BCUT2D eigenvalue weighted by Crippen LogP contribution is 2.18. The SMILES string of the molecule is OC(CNc1ncncc1Cl)c1ccccc1. The van der Waals surface area contributed by atoms with E-state index in [0.29, 0.717) is 17.4 Å². The quantitative estimate of drug-likeness (QED) is 0.873. The number of hydrogen-bond donors (Lipinski definition) is 2. The average Bonchev–Trinajstić information content (AvgIpc) is 2.38. The lowest BCUT2D eigenvalue weighted by Crippen LogP contribution is -2.13. The van der Waals surface area contributed by atoms with Crippen LogP contribution in [0.2, 0.25) is 5.02 Å². The number of aliphatic hydroxyl groups is 1. The van der Waals surface area contributed by atoms with Gasteiger partial charge in [0.25, 0.3) is 0 Å². The average molecular weight is 250 g/mol. The molecule has 17 heavy (non-hydrogen) atoms. The van der Waals surface area contributed by atoms with Gasteiger partial charge >= 0.3 is 0 Å². The molecule has 0 fully saturated rings. The third-order valence-corrected chi connectivity index (χ3v) is 2.59. The number of rotatable bonds is 4. The van der Waals surface area contributed by atoms with E-state index in [4.69, 9.17) is 11.6 Å². The summed E-state index contributed by atoms with van der Waals surface area (Å²) in [5.74, 6) is 0.525. The summed E-state index contributed by atoms with van der Waals surface area (Å²) in [7, 11) is 0. The molecule has 2 aromatic rings. The largest absolute Gasteiger partial charge is 0.387 e. The first-order chi connectivity index (χ1) is 8.27. The summed E-state index contributed by atoms with van der Waals surface area (Å²) in [6.45, 7) is 0.348. The van der Waals surface area contributed by atoms with Crippen LogP contribution in [0.5, 0.6) is 0 Å². The minimum absolute atomic E-state index is 0.348. The zero-order valence-corrected chi connectivity index (χ0v) is 9.80. The van der Waals surface area contributed by atoms with E-state index in [1.807, 2.05) is 30.3 Å². The normalized spacial score (nSPS) is 12.1. The van der Waals surface area contributed by atoms with Crippen molar-refractivity contribution in [2.75, 3.05) is 11.9 Å². The Kier molecular flexibility index (Phi) is 3.90. The van der Waals surface area contributed by atoms with Gasteiger partial charge in [-0.2, -0.15) is 0 Å². The molecule has 1 aromatic carbocycles. The number of aliphatic hydroxyl groups excluding tert-OH is 1. The number of anilines is 1. The molecular weight excluding hydrogens is 238 g/mol. The van der Waals surface area contributed by atoms with Crippen molar-refractivity contribution >= 4 is 17.4 Å². The Morgan fingerprint density at radius 3 is 2.76 bits per heavy atom. The fraction of sp³-hybridized carbons (Fsp3) is 0.167. The van der Waals surface area contributed by atoms with Gasteiger partial charge in [0.1, 0.15) is 17.2 Å². The predicted octanol–water partition coefficient (Wildman–Crippen LogP) is 2.28. The number of hydrogen-bond acceptors (Lipinski definition) is 4. The molecule has 0 aliphatic heterocycles. The monoisotopic (exact) mass is 249 g/mol. The molecule has 2 N–H and O–H groups in total. The molecule has 5 heteroatoms. The second-order valence-electron chi connectivity index (χ2n) is 3.53. The number of nitrogens with zero attached hydrogens (tertiary/aromatic N) is 2. The van der Waals surface area contributed by atoms with Gasteiger partial charge in [0.2, 0.25) is 0 Å². The highest BCUT2D eigenvalue weighted by atomic mass is 35.5. The second kappa shape index (κ2) is 5.61. The van der Waals surface area contributed by atoms with Gasteiger partial charge in [-0.1, -0.05) is 41.9 Å². The molecule has 0 saturated carbocycles. The van der Waals surface area contributed by atoms with E-state index in [0.717, 1.165) is 5.56 Å². The molecule has 0 amide bonds. The van der Waals surface area contributed by atoms with Crippen LogP contribution in [0.3, 0.4) is 0 Å². The first kappa shape index (κ1) is 11.8. The molecule has 0 aliphatic rings. The van der Waals surface area contributed by atoms with Crippen molar-refractivity contribution in [3.05, 3.63) is 53.4 Å². The van der Waals surface area contributed by atoms with Crippen molar-refractivity contribution in [3.8, 4) is 0 Å². The molecule has 0 bridgehead atoms. The Morgan fingerprint density at radius 1 is 1.29 bits per heavy atom. The van der Waals surface area contributed by atoms with Gasteiger partial charge in [0.05, 0.1) is 12.3 Å². The smallest absolute Gasteiger partial charge is 0.148 e. The van der Waals surface area contributed by atoms with Crippen LogP contribution in [-0.4, -0.2) is 21.6 Å². The summed E-state index contributed by atoms with van der Waals surface area (Å²) < 4.78 is 0. The van der Waals surface area contributed by atoms with Gasteiger partial charge in [-0.25, -0.2) is 9.97 Å². The van der Waals surface area contributed by atoms with Gasteiger partial charge in [-0.05, 0) is 5.56 Å². The van der Waals surface area contributed by atoms with Crippen molar-refractivity contribution in [1.29, 1.82) is 0 Å². The predicted molar refractivity (Wildman–Crippen MR) is 66.9 cm³/mol. The van der Waals surface area contributed by atoms with Crippen LogP contribution in [0.4, 0.5) is 5.82 Å². The maximum atomic E-state index is 9.92. The third-order valence-electron chi connectivity index (χ3n) is 2.31. The van der Waals surface area contributed by atoms with Crippen molar-refractivity contribution in [3.63, 3.8) is 0 Å². The number of benzene rings is 1. The van der Waals surface area contributed by atoms with Crippen LogP contribution in [0.15, 0.2) is 42.9 Å². The van der Waals surface area contributed by atoms with Crippen LogP contribution in [0.1, 0.15) is 11.7 Å². The van der Waals surface area contributed by atoms with Crippen LogP contribution >= 0.6 is 11.6 Å². The van der Waals surface area contributed by atoms with E-state index in [1.54, 1.807) is 0 Å². The van der Waals surface area contributed by atoms with Crippen molar-refractivity contribution in [2.45, 2.75) is 6.10 Å². The fourth-order valence-corrected chi connectivity index (χ4v) is 1.60. The van der Waals surface area contributed by atoms with Crippen molar-refractivity contribution in [2.24, 2.45) is 0 Å². The summed E-state index contributed by atoms with van der Waals surface area (Å²) in [6.07, 6.45) is 2.32. The second-order valence-corrected chi connectivity index (χ2v) is 3.93. The molecule has 0 spiro atoms. The lowest BCUT2D eigenvalue weighted by atomic mass is 10.1. The van der Waals surface area contributed by atoms with Gasteiger partial charge in [0, 0.05) is 6.54 Å². The Balaban J connectivity index is 1.97. The van der Waals surface area contributed by atoms with Crippen molar-refractivity contribution < 1.29 is 5.11 Å². The maximum Gasteiger partial charge on any atom is 0.148 e. The molecule has 0 saturated heterocycles. The highest BCUT2D eigenvalue weighted by Gasteiger charge is 2.08. The number of halogens is 1. The van der Waals surface area contributed by atoms with Crippen molar-refractivity contribution in [1.82, 2.24) is 9.97 Å². The minimum Gasteiger partial charge on any atom is -0.387 e. The Hall–Kier alpha value is -1.65. The summed E-state index contributed by atoms with van der Waals surface area (Å²) in [4.78, 5) is 7.76. The molecule has 4 nitrogen and oxygen atoms in total. The highest BCUT2D eigenvalue weighted by molar-refractivity contribution is 6.32. The van der Waals surface area contributed by atoms with Crippen LogP contribution < -0.4 is 5.32 Å². The van der Waals surface area contributed by atoms with E-state index in [2.05, 4.69) is 15.3 Å². The molecule has 1 heterocycles. The molecule has 1 atom stereocenters. The third kappa shape index (κ3) is 3.15. The van der Waals surface area contributed by atoms with Gasteiger partial charge in [-0.3, -0.25) is 0 Å². The van der Waals surface area contributed by atoms with E-state index < -0.39 is 6.10 Å². The van der Waals surface area contributed by atoms with E-state index in [9.17, 15) is 5.11 Å². The molecular formula is C12H12ClN3O. The summed E-state index contributed by atoms with van der Waals surface area (Å²) >= 11 is 5.88. The van der Waals surface area contributed by atoms with E-state index in [1.165, 1.54) is 12.5 Å². The Bertz CT molecular complexity index is 478. The number of aromatic nitrogens is 2. The molecule has 2 rings (SSSR count).